The summed E-state index contributed by atoms with van der Waals surface area (Å²) in [6.45, 7) is 0. The summed E-state index contributed by atoms with van der Waals surface area (Å²) < 4.78 is 42.1. The maximum Gasteiger partial charge on any atom is 0.339 e. The van der Waals surface area contributed by atoms with Gasteiger partial charge >= 0.3 is 10.1 Å². The normalized spacial score (nSPS) is 11.0. The second-order valence-electron chi connectivity index (χ2n) is 3.87. The molecule has 21 heavy (non-hydrogen) atoms. The van der Waals surface area contributed by atoms with E-state index in [9.17, 15) is 12.8 Å². The molecule has 0 radical (unpaired) electrons. The number of halogens is 3. The summed E-state index contributed by atoms with van der Waals surface area (Å²) in [6, 6.07) is 8.25. The molecule has 0 unspecified atom stereocenters. The molecular formula is C13H6Cl2FNO3S. The van der Waals surface area contributed by atoms with Crippen molar-refractivity contribution in [1.29, 1.82) is 5.26 Å². The first-order valence-electron chi connectivity index (χ1n) is 5.42. The van der Waals surface area contributed by atoms with Gasteiger partial charge in [0.15, 0.2) is 0 Å². The lowest BCUT2D eigenvalue weighted by Gasteiger charge is -2.08. The molecule has 0 aliphatic carbocycles. The molecule has 0 aliphatic rings. The molecule has 0 heterocycles. The Labute approximate surface area is 130 Å². The van der Waals surface area contributed by atoms with Gasteiger partial charge in [-0.05, 0) is 30.3 Å². The zero-order chi connectivity index (χ0) is 15.6. The van der Waals surface area contributed by atoms with Crippen molar-refractivity contribution in [3.8, 4) is 11.8 Å². The number of nitrogens with zero attached hydrogens (tertiary/aromatic N) is 1. The zero-order valence-electron chi connectivity index (χ0n) is 10.2. The third-order valence-electron chi connectivity index (χ3n) is 2.44. The lowest BCUT2D eigenvalue weighted by atomic mass is 10.2. The zero-order valence-corrected chi connectivity index (χ0v) is 12.5. The smallest absolute Gasteiger partial charge is 0.339 e. The average molecular weight is 346 g/mol. The molecule has 0 N–H and O–H groups in total. The van der Waals surface area contributed by atoms with Crippen LogP contribution >= 0.6 is 23.2 Å². The third-order valence-corrected chi connectivity index (χ3v) is 4.43. The van der Waals surface area contributed by atoms with E-state index in [1.165, 1.54) is 18.2 Å². The largest absolute Gasteiger partial charge is 0.379 e. The van der Waals surface area contributed by atoms with E-state index in [2.05, 4.69) is 0 Å². The standard InChI is InChI=1S/C13H6Cl2FNO3S/c14-11-3-1-9(6-12(11)15)20-21(18,19)10-2-4-13(16)8(5-10)7-17/h1-6H. The maximum atomic E-state index is 13.2. The highest BCUT2D eigenvalue weighted by atomic mass is 35.5. The second-order valence-corrected chi connectivity index (χ2v) is 6.23. The molecule has 0 amide bonds. The van der Waals surface area contributed by atoms with Crippen molar-refractivity contribution in [3.05, 3.63) is 57.8 Å². The highest BCUT2D eigenvalue weighted by Gasteiger charge is 2.19. The van der Waals surface area contributed by atoms with Gasteiger partial charge in [-0.3, -0.25) is 0 Å². The van der Waals surface area contributed by atoms with Crippen LogP contribution in [0.4, 0.5) is 4.39 Å². The Bertz CT molecular complexity index is 847. The highest BCUT2D eigenvalue weighted by Crippen LogP contribution is 2.28. The Morgan fingerprint density at radius 3 is 2.43 bits per heavy atom. The molecule has 8 heteroatoms. The van der Waals surface area contributed by atoms with Crippen molar-refractivity contribution in [1.82, 2.24) is 0 Å². The summed E-state index contributed by atoms with van der Waals surface area (Å²) in [5, 5.41) is 9.08. The Kier molecular flexibility index (Phi) is 4.37. The second kappa shape index (κ2) is 5.90. The van der Waals surface area contributed by atoms with Gasteiger partial charge in [0, 0.05) is 6.07 Å². The number of rotatable bonds is 3. The molecule has 0 saturated carbocycles. The van der Waals surface area contributed by atoms with Gasteiger partial charge in [-0.25, -0.2) is 4.39 Å². The fourth-order valence-corrected chi connectivity index (χ4v) is 2.69. The van der Waals surface area contributed by atoms with E-state index in [0.29, 0.717) is 0 Å². The Morgan fingerprint density at radius 2 is 1.81 bits per heavy atom. The summed E-state index contributed by atoms with van der Waals surface area (Å²) in [6.07, 6.45) is 0. The molecule has 4 nitrogen and oxygen atoms in total. The molecule has 0 aliphatic heterocycles. The first kappa shape index (κ1) is 15.6. The Morgan fingerprint density at radius 1 is 1.10 bits per heavy atom. The van der Waals surface area contributed by atoms with Crippen LogP contribution in [0.2, 0.25) is 10.0 Å². The predicted molar refractivity (Wildman–Crippen MR) is 75.4 cm³/mol. The third kappa shape index (κ3) is 3.45. The van der Waals surface area contributed by atoms with Crippen LogP contribution in [-0.2, 0) is 10.1 Å². The topological polar surface area (TPSA) is 67.2 Å². The summed E-state index contributed by atoms with van der Waals surface area (Å²) in [4.78, 5) is -0.341. The number of benzene rings is 2. The van der Waals surface area contributed by atoms with Gasteiger partial charge in [0.25, 0.3) is 0 Å². The minimum atomic E-state index is -4.21. The summed E-state index contributed by atoms with van der Waals surface area (Å²) in [7, 11) is -4.21. The van der Waals surface area contributed by atoms with Crippen molar-refractivity contribution >= 4 is 33.3 Å². The van der Waals surface area contributed by atoms with Crippen molar-refractivity contribution in [2.24, 2.45) is 0 Å². The van der Waals surface area contributed by atoms with E-state index in [0.717, 1.165) is 18.2 Å². The number of hydrogen-bond acceptors (Lipinski definition) is 4. The van der Waals surface area contributed by atoms with E-state index in [4.69, 9.17) is 32.6 Å². The predicted octanol–water partition coefficient (Wildman–Crippen LogP) is 3.77. The fraction of sp³-hybridized carbons (Fsp3) is 0. The average Bonchev–Trinajstić information content (AvgIpc) is 2.43. The van der Waals surface area contributed by atoms with E-state index in [1.807, 2.05) is 0 Å². The number of hydrogen-bond donors (Lipinski definition) is 0. The van der Waals surface area contributed by atoms with Crippen LogP contribution in [0, 0.1) is 17.1 Å². The number of nitriles is 1. The highest BCUT2D eigenvalue weighted by molar-refractivity contribution is 7.87. The molecule has 2 aromatic rings. The quantitative estimate of drug-likeness (QED) is 0.794. The molecule has 0 spiro atoms. The first-order chi connectivity index (χ1) is 9.83. The summed E-state index contributed by atoms with van der Waals surface area (Å²) >= 11 is 11.5. The molecule has 0 atom stereocenters. The van der Waals surface area contributed by atoms with Gasteiger partial charge in [-0.15, -0.1) is 0 Å². The first-order valence-corrected chi connectivity index (χ1v) is 7.59. The van der Waals surface area contributed by atoms with Crippen LogP contribution in [0.15, 0.2) is 41.3 Å². The lowest BCUT2D eigenvalue weighted by Crippen LogP contribution is -2.10. The summed E-state index contributed by atoms with van der Waals surface area (Å²) in [5.74, 6) is -0.863. The molecule has 0 bridgehead atoms. The lowest BCUT2D eigenvalue weighted by molar-refractivity contribution is 0.486. The maximum absolute atomic E-state index is 13.2. The van der Waals surface area contributed by atoms with Crippen LogP contribution in [0.1, 0.15) is 5.56 Å². The van der Waals surface area contributed by atoms with Crippen molar-refractivity contribution in [2.75, 3.05) is 0 Å². The molecule has 0 fully saturated rings. The molecular weight excluding hydrogens is 340 g/mol. The van der Waals surface area contributed by atoms with Crippen LogP contribution in [0.5, 0.6) is 5.75 Å². The molecule has 2 rings (SSSR count). The van der Waals surface area contributed by atoms with E-state index < -0.39 is 21.5 Å². The van der Waals surface area contributed by atoms with Gasteiger partial charge in [0.05, 0.1) is 15.6 Å². The van der Waals surface area contributed by atoms with Gasteiger partial charge in [0.1, 0.15) is 22.5 Å². The van der Waals surface area contributed by atoms with Crippen LogP contribution in [0.3, 0.4) is 0 Å². The van der Waals surface area contributed by atoms with Crippen LogP contribution in [-0.4, -0.2) is 8.42 Å². The van der Waals surface area contributed by atoms with Crippen LogP contribution in [0.25, 0.3) is 0 Å². The molecule has 2 aromatic carbocycles. The van der Waals surface area contributed by atoms with Crippen molar-refractivity contribution < 1.29 is 17.0 Å². The Balaban J connectivity index is 2.38. The Hall–Kier alpha value is -1.81. The molecule has 0 saturated heterocycles. The molecule has 108 valence electrons. The minimum Gasteiger partial charge on any atom is -0.379 e. The van der Waals surface area contributed by atoms with Crippen molar-refractivity contribution in [2.45, 2.75) is 4.90 Å². The van der Waals surface area contributed by atoms with E-state index in [-0.39, 0.29) is 20.7 Å². The van der Waals surface area contributed by atoms with Gasteiger partial charge < -0.3 is 4.18 Å². The van der Waals surface area contributed by atoms with Crippen molar-refractivity contribution in [3.63, 3.8) is 0 Å². The van der Waals surface area contributed by atoms with E-state index >= 15 is 0 Å². The van der Waals surface area contributed by atoms with Gasteiger partial charge in [-0.1, -0.05) is 23.2 Å². The van der Waals surface area contributed by atoms with Gasteiger partial charge in [0.2, 0.25) is 0 Å². The fourth-order valence-electron chi connectivity index (χ4n) is 1.45. The van der Waals surface area contributed by atoms with Crippen LogP contribution < -0.4 is 4.18 Å². The van der Waals surface area contributed by atoms with E-state index in [1.54, 1.807) is 6.07 Å². The van der Waals surface area contributed by atoms with Gasteiger partial charge in [-0.2, -0.15) is 13.7 Å². The molecule has 0 aromatic heterocycles. The summed E-state index contributed by atoms with van der Waals surface area (Å²) in [5.41, 5.74) is -0.395. The SMILES string of the molecule is N#Cc1cc(S(=O)(=O)Oc2ccc(Cl)c(Cl)c2)ccc1F. The minimum absolute atomic E-state index is 0.0489. The monoisotopic (exact) mass is 345 g/mol.